The number of nitrogens with one attached hydrogen (secondary N) is 2. The number of nitrogens with zero attached hydrogens (tertiary/aromatic N) is 2. The van der Waals surface area contributed by atoms with Gasteiger partial charge in [0.2, 0.25) is 5.91 Å². The zero-order valence-electron chi connectivity index (χ0n) is 24.0. The van der Waals surface area contributed by atoms with Crippen molar-refractivity contribution in [3.05, 3.63) is 114 Å². The van der Waals surface area contributed by atoms with E-state index >= 15 is 0 Å². The van der Waals surface area contributed by atoms with Gasteiger partial charge in [-0.15, -0.1) is 0 Å². The number of methoxy groups -OCH3 is 1. The van der Waals surface area contributed by atoms with Crippen molar-refractivity contribution in [2.24, 2.45) is 5.10 Å². The normalized spacial score (nSPS) is 11.1. The molecule has 0 aromatic heterocycles. The summed E-state index contributed by atoms with van der Waals surface area (Å²) in [4.78, 5) is 24.1. The van der Waals surface area contributed by atoms with E-state index in [1.165, 1.54) is 50.1 Å². The lowest BCUT2D eigenvalue weighted by Gasteiger charge is -2.24. The Bertz CT molecular complexity index is 1670. The molecule has 0 saturated heterocycles. The Labute approximate surface area is 251 Å². The number of hydrogen-bond acceptors (Lipinski definition) is 7. The number of hydrogen-bond donors (Lipinski definition) is 2. The summed E-state index contributed by atoms with van der Waals surface area (Å²) in [5.74, 6) is 0.284. The second kappa shape index (κ2) is 14.1. The van der Waals surface area contributed by atoms with E-state index in [0.717, 1.165) is 9.87 Å². The first-order valence-electron chi connectivity index (χ1n) is 13.3. The number of hydrazone groups is 1. The fourth-order valence-corrected chi connectivity index (χ4v) is 5.37. The van der Waals surface area contributed by atoms with Crippen molar-refractivity contribution < 1.29 is 27.5 Å². The Morgan fingerprint density at radius 1 is 0.860 bits per heavy atom. The van der Waals surface area contributed by atoms with Crippen LogP contribution in [0, 0.1) is 6.92 Å². The lowest BCUT2D eigenvalue weighted by molar-refractivity contribution is -0.119. The third kappa shape index (κ3) is 8.66. The molecular weight excluding hydrogens is 568 g/mol. The Balaban J connectivity index is 1.42. The van der Waals surface area contributed by atoms with E-state index in [4.69, 9.17) is 9.47 Å². The van der Waals surface area contributed by atoms with Crippen LogP contribution in [0.2, 0.25) is 0 Å². The predicted octanol–water partition coefficient (Wildman–Crippen LogP) is 4.89. The molecule has 11 heteroatoms. The minimum atomic E-state index is -4.17. The zero-order valence-corrected chi connectivity index (χ0v) is 24.8. The molecule has 0 saturated carbocycles. The number of carbonyl (C=O) groups excluding carboxylic acids is 2. The minimum Gasteiger partial charge on any atom is -0.497 e. The summed E-state index contributed by atoms with van der Waals surface area (Å²) in [7, 11) is -2.67. The molecule has 0 unspecified atom stereocenters. The van der Waals surface area contributed by atoms with Gasteiger partial charge in [-0.1, -0.05) is 29.8 Å². The Hall–Kier alpha value is -5.16. The largest absolute Gasteiger partial charge is 0.497 e. The van der Waals surface area contributed by atoms with Crippen molar-refractivity contribution in [3.63, 3.8) is 0 Å². The molecule has 0 heterocycles. The molecule has 0 fully saturated rings. The van der Waals surface area contributed by atoms with Crippen LogP contribution in [-0.4, -0.2) is 40.1 Å². The average Bonchev–Trinajstić information content (AvgIpc) is 3.00. The van der Waals surface area contributed by atoms with Gasteiger partial charge in [-0.2, -0.15) is 5.10 Å². The van der Waals surface area contributed by atoms with Gasteiger partial charge in [0, 0.05) is 12.6 Å². The topological polar surface area (TPSA) is 126 Å². The highest BCUT2D eigenvalue weighted by atomic mass is 32.2. The van der Waals surface area contributed by atoms with Gasteiger partial charge in [0.25, 0.3) is 15.9 Å². The summed E-state index contributed by atoms with van der Waals surface area (Å²) in [5.41, 5.74) is 6.05. The quantitative estimate of drug-likeness (QED) is 0.176. The molecule has 0 aliphatic heterocycles. The zero-order chi connectivity index (χ0) is 30.8. The summed E-state index contributed by atoms with van der Waals surface area (Å²) in [5, 5.41) is 6.59. The highest BCUT2D eigenvalue weighted by Crippen LogP contribution is 2.26. The second-order valence-corrected chi connectivity index (χ2v) is 11.4. The molecular formula is C32H32N4O6S. The third-order valence-corrected chi connectivity index (χ3v) is 8.01. The maximum absolute atomic E-state index is 13.6. The highest BCUT2D eigenvalue weighted by Gasteiger charge is 2.27. The van der Waals surface area contributed by atoms with E-state index < -0.39 is 22.5 Å². The molecule has 222 valence electrons. The van der Waals surface area contributed by atoms with Gasteiger partial charge in [0.1, 0.15) is 24.7 Å². The van der Waals surface area contributed by atoms with E-state index in [2.05, 4.69) is 15.8 Å². The van der Waals surface area contributed by atoms with Crippen LogP contribution >= 0.6 is 0 Å². The molecule has 0 spiro atoms. The van der Waals surface area contributed by atoms with Crippen LogP contribution < -0.4 is 24.5 Å². The second-order valence-electron chi connectivity index (χ2n) is 9.55. The van der Waals surface area contributed by atoms with E-state index in [9.17, 15) is 18.0 Å². The van der Waals surface area contributed by atoms with Gasteiger partial charge >= 0.3 is 0 Å². The lowest BCUT2D eigenvalue weighted by Crippen LogP contribution is -2.39. The molecule has 0 atom stereocenters. The summed E-state index contributed by atoms with van der Waals surface area (Å²) in [6.45, 7) is 3.29. The van der Waals surface area contributed by atoms with Crippen molar-refractivity contribution in [2.45, 2.75) is 25.3 Å². The van der Waals surface area contributed by atoms with Crippen LogP contribution in [0.5, 0.6) is 11.5 Å². The average molecular weight is 601 g/mol. The number of sulfonamides is 1. The molecule has 2 amide bonds. The van der Waals surface area contributed by atoms with Gasteiger partial charge in [-0.3, -0.25) is 13.9 Å². The Morgan fingerprint density at radius 3 is 2.09 bits per heavy atom. The van der Waals surface area contributed by atoms with E-state index in [1.54, 1.807) is 48.5 Å². The van der Waals surface area contributed by atoms with Crippen molar-refractivity contribution in [1.29, 1.82) is 0 Å². The number of rotatable bonds is 12. The van der Waals surface area contributed by atoms with Crippen molar-refractivity contribution in [3.8, 4) is 11.5 Å². The highest BCUT2D eigenvalue weighted by molar-refractivity contribution is 7.92. The van der Waals surface area contributed by atoms with E-state index in [1.807, 2.05) is 31.2 Å². The number of amides is 2. The van der Waals surface area contributed by atoms with Crippen LogP contribution in [0.25, 0.3) is 0 Å². The van der Waals surface area contributed by atoms with Gasteiger partial charge in [-0.05, 0) is 90.8 Å². The number of ether oxygens (including phenoxy) is 2. The Kier molecular flexibility index (Phi) is 10.1. The van der Waals surface area contributed by atoms with Crippen molar-refractivity contribution in [2.75, 3.05) is 23.3 Å². The van der Waals surface area contributed by atoms with Crippen LogP contribution in [0.1, 0.15) is 23.6 Å². The van der Waals surface area contributed by atoms with Crippen LogP contribution in [0.4, 0.5) is 11.4 Å². The summed E-state index contributed by atoms with van der Waals surface area (Å²) >= 11 is 0. The first kappa shape index (κ1) is 30.8. The van der Waals surface area contributed by atoms with Crippen LogP contribution in [0.15, 0.2) is 107 Å². The van der Waals surface area contributed by atoms with Crippen molar-refractivity contribution in [1.82, 2.24) is 5.43 Å². The maximum Gasteiger partial charge on any atom is 0.264 e. The fourth-order valence-electron chi connectivity index (χ4n) is 3.95. The standard InChI is InChI=1S/C32H32N4O6S/c1-23-4-6-26(7-5-23)22-42-30-14-8-25(9-15-30)20-33-35-32(38)21-36(28-12-16-29(41-3)17-13-28)43(39,40)31-18-10-27(11-19-31)34-24(2)37/h4-20H,21-22H2,1-3H3,(H,34,37)(H,35,38)/b33-20-. The monoisotopic (exact) mass is 600 g/mol. The Morgan fingerprint density at radius 2 is 1.49 bits per heavy atom. The SMILES string of the molecule is COc1ccc(N(CC(=O)N/N=C\c2ccc(OCc3ccc(C)cc3)cc2)S(=O)(=O)c2ccc(NC(C)=O)cc2)cc1. The first-order valence-corrected chi connectivity index (χ1v) is 14.7. The third-order valence-electron chi connectivity index (χ3n) is 6.22. The molecule has 0 bridgehead atoms. The molecule has 4 rings (SSSR count). The first-order chi connectivity index (χ1) is 20.6. The van der Waals surface area contributed by atoms with Gasteiger partial charge in [0.15, 0.2) is 0 Å². The van der Waals surface area contributed by atoms with E-state index in [-0.39, 0.29) is 16.5 Å². The lowest BCUT2D eigenvalue weighted by atomic mass is 10.2. The summed E-state index contributed by atoms with van der Waals surface area (Å²) < 4.78 is 39.2. The molecule has 0 aliphatic rings. The van der Waals surface area contributed by atoms with E-state index in [0.29, 0.717) is 29.4 Å². The molecule has 43 heavy (non-hydrogen) atoms. The molecule has 0 radical (unpaired) electrons. The maximum atomic E-state index is 13.6. The smallest absolute Gasteiger partial charge is 0.264 e. The summed E-state index contributed by atoms with van der Waals surface area (Å²) in [6, 6.07) is 27.2. The number of aryl methyl sites for hydroxylation is 1. The number of anilines is 2. The number of benzene rings is 4. The summed E-state index contributed by atoms with van der Waals surface area (Å²) in [6.07, 6.45) is 1.45. The van der Waals surface area contributed by atoms with Crippen LogP contribution in [0.3, 0.4) is 0 Å². The van der Waals surface area contributed by atoms with Gasteiger partial charge in [0.05, 0.1) is 23.9 Å². The van der Waals surface area contributed by atoms with Gasteiger partial charge < -0.3 is 14.8 Å². The van der Waals surface area contributed by atoms with Crippen molar-refractivity contribution >= 4 is 39.4 Å². The van der Waals surface area contributed by atoms with Crippen LogP contribution in [-0.2, 0) is 26.2 Å². The molecule has 2 N–H and O–H groups in total. The van der Waals surface area contributed by atoms with Gasteiger partial charge in [-0.25, -0.2) is 13.8 Å². The molecule has 4 aromatic carbocycles. The molecule has 0 aliphatic carbocycles. The predicted molar refractivity (Wildman–Crippen MR) is 166 cm³/mol. The fraction of sp³-hybridized carbons (Fsp3) is 0.156. The minimum absolute atomic E-state index is 0.0570. The number of carbonyl (C=O) groups is 2. The molecule has 10 nitrogen and oxygen atoms in total. The molecule has 4 aromatic rings.